The quantitative estimate of drug-likeness (QED) is 0.452. The summed E-state index contributed by atoms with van der Waals surface area (Å²) < 4.78 is 33.6. The first-order valence-electron chi connectivity index (χ1n) is 10.8. The standard InChI is InChI=1S/C26H29ClN2O4S/c1-17-13-19(3)23(14-18(17)2)20(4)28-26(30)16-29(24-15-21(27)11-12-25(24)33-5)34(31,32)22-9-7-6-8-10-22/h6-15,20H,16H2,1-5H3,(H,28,30). The van der Waals surface area contributed by atoms with Crippen molar-refractivity contribution >= 4 is 33.2 Å². The van der Waals surface area contributed by atoms with E-state index < -0.39 is 22.5 Å². The van der Waals surface area contributed by atoms with Crippen molar-refractivity contribution in [2.45, 2.75) is 38.6 Å². The van der Waals surface area contributed by atoms with E-state index in [2.05, 4.69) is 11.4 Å². The predicted molar refractivity (Wildman–Crippen MR) is 136 cm³/mol. The Balaban J connectivity index is 1.97. The lowest BCUT2D eigenvalue weighted by atomic mass is 9.96. The van der Waals surface area contributed by atoms with Crippen LogP contribution in [0, 0.1) is 20.8 Å². The molecule has 1 amide bonds. The van der Waals surface area contributed by atoms with Gasteiger partial charge in [0.15, 0.2) is 0 Å². The first kappa shape index (κ1) is 25.6. The van der Waals surface area contributed by atoms with E-state index in [1.54, 1.807) is 30.3 Å². The van der Waals surface area contributed by atoms with E-state index in [0.717, 1.165) is 21.0 Å². The zero-order valence-electron chi connectivity index (χ0n) is 19.9. The minimum absolute atomic E-state index is 0.0582. The number of anilines is 1. The summed E-state index contributed by atoms with van der Waals surface area (Å²) in [5.41, 5.74) is 4.52. The Kier molecular flexibility index (Phi) is 7.89. The van der Waals surface area contributed by atoms with Gasteiger partial charge in [0.1, 0.15) is 12.3 Å². The van der Waals surface area contributed by atoms with Crippen molar-refractivity contribution in [1.82, 2.24) is 5.32 Å². The van der Waals surface area contributed by atoms with Gasteiger partial charge in [-0.25, -0.2) is 8.42 Å². The Morgan fingerprint density at radius 1 is 1.00 bits per heavy atom. The maximum absolute atomic E-state index is 13.6. The van der Waals surface area contributed by atoms with Crippen LogP contribution in [0.25, 0.3) is 0 Å². The maximum Gasteiger partial charge on any atom is 0.264 e. The molecule has 0 aliphatic heterocycles. The summed E-state index contributed by atoms with van der Waals surface area (Å²) in [7, 11) is -2.65. The molecule has 0 saturated heterocycles. The molecule has 0 heterocycles. The topological polar surface area (TPSA) is 75.7 Å². The third-order valence-electron chi connectivity index (χ3n) is 5.75. The van der Waals surface area contributed by atoms with Crippen molar-refractivity contribution in [1.29, 1.82) is 0 Å². The largest absolute Gasteiger partial charge is 0.495 e. The average molecular weight is 501 g/mol. The average Bonchev–Trinajstić information content (AvgIpc) is 2.80. The molecule has 0 aliphatic rings. The fourth-order valence-corrected chi connectivity index (χ4v) is 5.43. The molecule has 6 nitrogen and oxygen atoms in total. The van der Waals surface area contributed by atoms with E-state index in [1.165, 1.54) is 30.9 Å². The third kappa shape index (κ3) is 5.54. The lowest BCUT2D eigenvalue weighted by Crippen LogP contribution is -2.41. The van der Waals surface area contributed by atoms with E-state index in [0.29, 0.717) is 5.02 Å². The second-order valence-corrected chi connectivity index (χ2v) is 10.5. The van der Waals surface area contributed by atoms with Crippen LogP contribution < -0.4 is 14.4 Å². The second kappa shape index (κ2) is 10.5. The molecule has 0 aromatic heterocycles. The van der Waals surface area contributed by atoms with Crippen molar-refractivity contribution in [2.24, 2.45) is 0 Å². The highest BCUT2D eigenvalue weighted by Crippen LogP contribution is 2.35. The summed E-state index contributed by atoms with van der Waals surface area (Å²) in [6.45, 7) is 7.49. The number of nitrogens with one attached hydrogen (secondary N) is 1. The molecule has 0 radical (unpaired) electrons. The summed E-state index contributed by atoms with van der Waals surface area (Å²) in [5, 5.41) is 3.26. The summed E-state index contributed by atoms with van der Waals surface area (Å²) >= 11 is 6.18. The number of hydrogen-bond acceptors (Lipinski definition) is 4. The summed E-state index contributed by atoms with van der Waals surface area (Å²) in [5.74, 6) is -0.165. The Bertz CT molecular complexity index is 1290. The lowest BCUT2D eigenvalue weighted by Gasteiger charge is -2.27. The van der Waals surface area contributed by atoms with Gasteiger partial charge in [-0.15, -0.1) is 0 Å². The van der Waals surface area contributed by atoms with E-state index in [4.69, 9.17) is 16.3 Å². The van der Waals surface area contributed by atoms with Gasteiger partial charge in [-0.3, -0.25) is 9.10 Å². The van der Waals surface area contributed by atoms with E-state index in [1.807, 2.05) is 33.8 Å². The Morgan fingerprint density at radius 2 is 1.65 bits per heavy atom. The van der Waals surface area contributed by atoms with Gasteiger partial charge < -0.3 is 10.1 Å². The molecule has 3 aromatic rings. The molecule has 3 aromatic carbocycles. The molecule has 8 heteroatoms. The number of carbonyl (C=O) groups is 1. The Hall–Kier alpha value is -3.03. The van der Waals surface area contributed by atoms with Crippen LogP contribution in [0.2, 0.25) is 5.02 Å². The summed E-state index contributed by atoms with van der Waals surface area (Å²) in [4.78, 5) is 13.2. The van der Waals surface area contributed by atoms with Crippen LogP contribution in [-0.2, 0) is 14.8 Å². The highest BCUT2D eigenvalue weighted by atomic mass is 35.5. The molecule has 1 N–H and O–H groups in total. The number of nitrogens with zero attached hydrogens (tertiary/aromatic N) is 1. The molecule has 0 bridgehead atoms. The van der Waals surface area contributed by atoms with E-state index in [-0.39, 0.29) is 22.4 Å². The van der Waals surface area contributed by atoms with Crippen molar-refractivity contribution < 1.29 is 17.9 Å². The van der Waals surface area contributed by atoms with Crippen LogP contribution in [-0.4, -0.2) is 28.0 Å². The van der Waals surface area contributed by atoms with Gasteiger partial charge in [-0.2, -0.15) is 0 Å². The zero-order valence-corrected chi connectivity index (χ0v) is 21.5. The van der Waals surface area contributed by atoms with Gasteiger partial charge in [0, 0.05) is 5.02 Å². The SMILES string of the molecule is COc1ccc(Cl)cc1N(CC(=O)NC(C)c1cc(C)c(C)cc1C)S(=O)(=O)c1ccccc1. The molecular weight excluding hydrogens is 472 g/mol. The van der Waals surface area contributed by atoms with E-state index >= 15 is 0 Å². The molecule has 0 saturated carbocycles. The van der Waals surface area contributed by atoms with Gasteiger partial charge in [0.2, 0.25) is 5.91 Å². The van der Waals surface area contributed by atoms with Crippen molar-refractivity contribution in [3.05, 3.63) is 87.9 Å². The monoisotopic (exact) mass is 500 g/mol. The first-order chi connectivity index (χ1) is 16.0. The van der Waals surface area contributed by atoms with Crippen LogP contribution in [0.1, 0.15) is 35.2 Å². The van der Waals surface area contributed by atoms with Crippen LogP contribution in [0.15, 0.2) is 65.6 Å². The van der Waals surface area contributed by atoms with Crippen LogP contribution in [0.5, 0.6) is 5.75 Å². The van der Waals surface area contributed by atoms with Crippen molar-refractivity contribution in [3.8, 4) is 5.75 Å². The molecule has 3 rings (SSSR count). The lowest BCUT2D eigenvalue weighted by molar-refractivity contribution is -0.120. The minimum atomic E-state index is -4.09. The minimum Gasteiger partial charge on any atom is -0.495 e. The molecular formula is C26H29ClN2O4S. The second-order valence-electron chi connectivity index (χ2n) is 8.22. The Labute approximate surface area is 206 Å². The van der Waals surface area contributed by atoms with Gasteiger partial charge in [-0.1, -0.05) is 41.9 Å². The highest BCUT2D eigenvalue weighted by molar-refractivity contribution is 7.92. The number of amides is 1. The summed E-state index contributed by atoms with van der Waals surface area (Å²) in [6, 6.07) is 16.4. The normalized spacial score (nSPS) is 12.2. The fraction of sp³-hybridized carbons (Fsp3) is 0.269. The number of halogens is 1. The number of sulfonamides is 1. The number of ether oxygens (including phenoxy) is 1. The molecule has 0 fully saturated rings. The molecule has 0 aliphatic carbocycles. The van der Waals surface area contributed by atoms with Crippen molar-refractivity contribution in [3.63, 3.8) is 0 Å². The van der Waals surface area contributed by atoms with Gasteiger partial charge >= 0.3 is 0 Å². The van der Waals surface area contributed by atoms with Crippen LogP contribution >= 0.6 is 11.6 Å². The van der Waals surface area contributed by atoms with Crippen molar-refractivity contribution in [2.75, 3.05) is 18.0 Å². The third-order valence-corrected chi connectivity index (χ3v) is 7.76. The summed E-state index contributed by atoms with van der Waals surface area (Å²) in [6.07, 6.45) is 0. The first-order valence-corrected chi connectivity index (χ1v) is 12.6. The number of rotatable bonds is 8. The predicted octanol–water partition coefficient (Wildman–Crippen LogP) is 5.35. The highest BCUT2D eigenvalue weighted by Gasteiger charge is 2.30. The number of hydrogen-bond donors (Lipinski definition) is 1. The number of carbonyl (C=O) groups excluding carboxylic acids is 1. The number of aryl methyl sites for hydroxylation is 3. The number of methoxy groups -OCH3 is 1. The van der Waals surface area contributed by atoms with Gasteiger partial charge in [-0.05, 0) is 80.3 Å². The molecule has 0 spiro atoms. The van der Waals surface area contributed by atoms with Crippen LogP contribution in [0.3, 0.4) is 0 Å². The van der Waals surface area contributed by atoms with Gasteiger partial charge in [0.05, 0.1) is 23.7 Å². The maximum atomic E-state index is 13.6. The van der Waals surface area contributed by atoms with Crippen LogP contribution in [0.4, 0.5) is 5.69 Å². The smallest absolute Gasteiger partial charge is 0.264 e. The zero-order chi connectivity index (χ0) is 25.0. The molecule has 34 heavy (non-hydrogen) atoms. The Morgan fingerprint density at radius 3 is 2.29 bits per heavy atom. The van der Waals surface area contributed by atoms with E-state index in [9.17, 15) is 13.2 Å². The molecule has 1 atom stereocenters. The molecule has 180 valence electrons. The number of benzene rings is 3. The fourth-order valence-electron chi connectivity index (χ4n) is 3.82. The van der Waals surface area contributed by atoms with Gasteiger partial charge in [0.25, 0.3) is 10.0 Å². The molecule has 1 unspecified atom stereocenters.